The molecule has 1 aliphatic heterocycles. The van der Waals surface area contributed by atoms with E-state index in [0.29, 0.717) is 13.1 Å². The Balaban J connectivity index is 2.05. The molecule has 1 aromatic rings. The number of hydrogen-bond donors (Lipinski definition) is 0. The number of rotatable bonds is 2. The number of benzene rings is 1. The minimum absolute atomic E-state index is 0.102. The molecule has 0 amide bonds. The van der Waals surface area contributed by atoms with Gasteiger partial charge in [0.2, 0.25) is 0 Å². The fraction of sp³-hybridized carbons (Fsp3) is 0.538. The SMILES string of the molecule is Cc1c(Br)cccc1CN1CCOC(C(F)(F)F)C1. The average molecular weight is 338 g/mol. The summed E-state index contributed by atoms with van der Waals surface area (Å²) in [4.78, 5) is 1.79. The first-order valence-electron chi connectivity index (χ1n) is 6.02. The van der Waals surface area contributed by atoms with Crippen LogP contribution < -0.4 is 0 Å². The summed E-state index contributed by atoms with van der Waals surface area (Å²) in [5.41, 5.74) is 2.11. The normalized spacial score (nSPS) is 21.6. The monoisotopic (exact) mass is 337 g/mol. The van der Waals surface area contributed by atoms with E-state index < -0.39 is 12.3 Å². The van der Waals surface area contributed by atoms with Gasteiger partial charge in [-0.05, 0) is 24.1 Å². The van der Waals surface area contributed by atoms with Gasteiger partial charge < -0.3 is 4.74 Å². The van der Waals surface area contributed by atoms with Crippen molar-refractivity contribution in [2.45, 2.75) is 25.7 Å². The first kappa shape index (κ1) is 14.8. The van der Waals surface area contributed by atoms with Crippen molar-refractivity contribution in [3.63, 3.8) is 0 Å². The molecule has 1 fully saturated rings. The molecule has 1 aromatic carbocycles. The molecule has 1 saturated heterocycles. The molecule has 0 spiro atoms. The van der Waals surface area contributed by atoms with Gasteiger partial charge in [-0.15, -0.1) is 0 Å². The van der Waals surface area contributed by atoms with Crippen LogP contribution in [0.1, 0.15) is 11.1 Å². The van der Waals surface area contributed by atoms with Crippen LogP contribution in [0.4, 0.5) is 13.2 Å². The summed E-state index contributed by atoms with van der Waals surface area (Å²) >= 11 is 3.43. The molecular formula is C13H15BrF3NO. The van der Waals surface area contributed by atoms with Gasteiger partial charge in [-0.25, -0.2) is 0 Å². The van der Waals surface area contributed by atoms with E-state index in [4.69, 9.17) is 4.74 Å². The smallest absolute Gasteiger partial charge is 0.366 e. The Morgan fingerprint density at radius 1 is 1.42 bits per heavy atom. The average Bonchev–Trinajstić information content (AvgIpc) is 2.34. The predicted molar refractivity (Wildman–Crippen MR) is 70.0 cm³/mol. The maximum absolute atomic E-state index is 12.6. The maximum Gasteiger partial charge on any atom is 0.415 e. The lowest BCUT2D eigenvalue weighted by Gasteiger charge is -2.34. The molecule has 0 saturated carbocycles. The Kier molecular flexibility index (Phi) is 4.53. The number of morpholine rings is 1. The van der Waals surface area contributed by atoms with E-state index in [1.165, 1.54) is 0 Å². The lowest BCUT2D eigenvalue weighted by Crippen LogP contribution is -2.48. The van der Waals surface area contributed by atoms with E-state index in [-0.39, 0.29) is 13.2 Å². The number of ether oxygens (including phenoxy) is 1. The second-order valence-corrected chi connectivity index (χ2v) is 5.51. The number of hydrogen-bond acceptors (Lipinski definition) is 2. The Bertz CT molecular complexity index is 450. The number of alkyl halides is 3. The predicted octanol–water partition coefficient (Wildman–Crippen LogP) is 3.52. The molecule has 0 bridgehead atoms. The van der Waals surface area contributed by atoms with Gasteiger partial charge in [0.15, 0.2) is 6.10 Å². The van der Waals surface area contributed by atoms with E-state index in [2.05, 4.69) is 15.9 Å². The van der Waals surface area contributed by atoms with E-state index in [1.807, 2.05) is 25.1 Å². The second-order valence-electron chi connectivity index (χ2n) is 4.66. The quantitative estimate of drug-likeness (QED) is 0.818. The van der Waals surface area contributed by atoms with E-state index in [1.54, 1.807) is 4.90 Å². The van der Waals surface area contributed by atoms with Crippen molar-refractivity contribution in [1.29, 1.82) is 0 Å². The van der Waals surface area contributed by atoms with Crippen molar-refractivity contribution in [2.24, 2.45) is 0 Å². The van der Waals surface area contributed by atoms with Gasteiger partial charge in [-0.3, -0.25) is 4.90 Å². The van der Waals surface area contributed by atoms with Crippen LogP contribution >= 0.6 is 15.9 Å². The summed E-state index contributed by atoms with van der Waals surface area (Å²) in [5.74, 6) is 0. The summed E-state index contributed by atoms with van der Waals surface area (Å²) in [5, 5.41) is 0. The molecule has 0 aliphatic carbocycles. The molecule has 1 heterocycles. The van der Waals surface area contributed by atoms with Crippen LogP contribution in [0.3, 0.4) is 0 Å². The first-order chi connectivity index (χ1) is 8.88. The van der Waals surface area contributed by atoms with Crippen molar-refractivity contribution in [1.82, 2.24) is 4.90 Å². The van der Waals surface area contributed by atoms with Crippen molar-refractivity contribution in [2.75, 3.05) is 19.7 Å². The molecule has 0 radical (unpaired) electrons. The largest absolute Gasteiger partial charge is 0.415 e. The molecule has 1 unspecified atom stereocenters. The van der Waals surface area contributed by atoms with Gasteiger partial charge in [0.05, 0.1) is 6.61 Å². The summed E-state index contributed by atoms with van der Waals surface area (Å²) in [7, 11) is 0. The number of halogens is 4. The Labute approximate surface area is 118 Å². The molecule has 1 aliphatic rings. The standard InChI is InChI=1S/C13H15BrF3NO/c1-9-10(3-2-4-11(9)14)7-18-5-6-19-12(8-18)13(15,16)17/h2-4,12H,5-8H2,1H3. The highest BCUT2D eigenvalue weighted by atomic mass is 79.9. The van der Waals surface area contributed by atoms with Gasteiger partial charge in [0.1, 0.15) is 0 Å². The van der Waals surface area contributed by atoms with E-state index >= 15 is 0 Å². The van der Waals surface area contributed by atoms with Crippen molar-refractivity contribution < 1.29 is 17.9 Å². The van der Waals surface area contributed by atoms with Gasteiger partial charge in [-0.1, -0.05) is 28.1 Å². The van der Waals surface area contributed by atoms with Gasteiger partial charge in [0.25, 0.3) is 0 Å². The molecule has 1 atom stereocenters. The van der Waals surface area contributed by atoms with Crippen molar-refractivity contribution in [3.8, 4) is 0 Å². The fourth-order valence-electron chi connectivity index (χ4n) is 2.11. The molecule has 2 nitrogen and oxygen atoms in total. The fourth-order valence-corrected chi connectivity index (χ4v) is 2.52. The molecule has 0 aromatic heterocycles. The topological polar surface area (TPSA) is 12.5 Å². The summed E-state index contributed by atoms with van der Waals surface area (Å²) in [6.07, 6.45) is -5.96. The third-order valence-corrected chi connectivity index (χ3v) is 4.15. The van der Waals surface area contributed by atoms with Crippen molar-refractivity contribution in [3.05, 3.63) is 33.8 Å². The minimum Gasteiger partial charge on any atom is -0.366 e. The second kappa shape index (κ2) is 5.81. The zero-order valence-corrected chi connectivity index (χ0v) is 12.1. The Morgan fingerprint density at radius 2 is 2.16 bits per heavy atom. The van der Waals surface area contributed by atoms with Crippen LogP contribution in [0, 0.1) is 6.92 Å². The minimum atomic E-state index is -4.29. The molecule has 6 heteroatoms. The van der Waals surface area contributed by atoms with Crippen LogP contribution in [-0.2, 0) is 11.3 Å². The number of nitrogens with zero attached hydrogens (tertiary/aromatic N) is 1. The van der Waals surface area contributed by atoms with E-state index in [9.17, 15) is 13.2 Å². The van der Waals surface area contributed by atoms with Crippen LogP contribution in [0.5, 0.6) is 0 Å². The van der Waals surface area contributed by atoms with Crippen molar-refractivity contribution >= 4 is 15.9 Å². The maximum atomic E-state index is 12.6. The molecule has 19 heavy (non-hydrogen) atoms. The highest BCUT2D eigenvalue weighted by Gasteiger charge is 2.43. The first-order valence-corrected chi connectivity index (χ1v) is 6.82. The molecular weight excluding hydrogens is 323 g/mol. The van der Waals surface area contributed by atoms with Crippen LogP contribution in [-0.4, -0.2) is 36.9 Å². The van der Waals surface area contributed by atoms with Gasteiger partial charge in [0, 0.05) is 24.1 Å². The Hall–Kier alpha value is -0.590. The zero-order chi connectivity index (χ0) is 14.0. The third kappa shape index (κ3) is 3.70. The lowest BCUT2D eigenvalue weighted by molar-refractivity contribution is -0.237. The summed E-state index contributed by atoms with van der Waals surface area (Å²) in [6.45, 7) is 3.02. The Morgan fingerprint density at radius 3 is 2.84 bits per heavy atom. The summed E-state index contributed by atoms with van der Waals surface area (Å²) < 4.78 is 43.7. The van der Waals surface area contributed by atoms with Gasteiger partial charge in [-0.2, -0.15) is 13.2 Å². The molecule has 0 N–H and O–H groups in total. The van der Waals surface area contributed by atoms with Crippen LogP contribution in [0.15, 0.2) is 22.7 Å². The van der Waals surface area contributed by atoms with E-state index in [0.717, 1.165) is 15.6 Å². The zero-order valence-electron chi connectivity index (χ0n) is 10.5. The highest BCUT2D eigenvalue weighted by molar-refractivity contribution is 9.10. The molecule has 2 rings (SSSR count). The van der Waals surface area contributed by atoms with Crippen LogP contribution in [0.2, 0.25) is 0 Å². The lowest BCUT2D eigenvalue weighted by atomic mass is 10.1. The van der Waals surface area contributed by atoms with Gasteiger partial charge >= 0.3 is 6.18 Å². The summed E-state index contributed by atoms with van der Waals surface area (Å²) in [6, 6.07) is 5.77. The third-order valence-electron chi connectivity index (χ3n) is 3.29. The van der Waals surface area contributed by atoms with Crippen LogP contribution in [0.25, 0.3) is 0 Å². The molecule has 106 valence electrons. The highest BCUT2D eigenvalue weighted by Crippen LogP contribution is 2.27.